The Hall–Kier alpha value is -2.22. The highest BCUT2D eigenvalue weighted by Crippen LogP contribution is 2.25. The van der Waals surface area contributed by atoms with Crippen molar-refractivity contribution in [3.63, 3.8) is 0 Å². The van der Waals surface area contributed by atoms with Crippen molar-refractivity contribution in [1.29, 1.82) is 0 Å². The fourth-order valence-electron chi connectivity index (χ4n) is 2.44. The fraction of sp³-hybridized carbons (Fsp3) is 0.375. The molecule has 1 aromatic carbocycles. The van der Waals surface area contributed by atoms with Gasteiger partial charge in [0.1, 0.15) is 5.82 Å². The molecular weight excluding hydrogens is 333 g/mol. The van der Waals surface area contributed by atoms with Gasteiger partial charge in [-0.2, -0.15) is 0 Å². The monoisotopic (exact) mass is 349 g/mol. The van der Waals surface area contributed by atoms with Crippen LogP contribution in [0, 0.1) is 5.82 Å². The third-order valence-electron chi connectivity index (χ3n) is 3.72. The van der Waals surface area contributed by atoms with Gasteiger partial charge >= 0.3 is 0 Å². The topological polar surface area (TPSA) is 76.3 Å². The molecule has 3 rings (SSSR count). The molecule has 126 valence electrons. The number of benzene rings is 1. The lowest BCUT2D eigenvalue weighted by Crippen LogP contribution is -2.23. The van der Waals surface area contributed by atoms with Gasteiger partial charge in [0, 0.05) is 18.5 Å². The van der Waals surface area contributed by atoms with Crippen molar-refractivity contribution >= 4 is 23.5 Å². The van der Waals surface area contributed by atoms with Crippen LogP contribution < -0.4 is 0 Å². The third-order valence-corrected chi connectivity index (χ3v) is 4.66. The largest absolute Gasteiger partial charge is 0.414 e. The quantitative estimate of drug-likeness (QED) is 0.589. The molecule has 24 heavy (non-hydrogen) atoms. The molecule has 1 saturated heterocycles. The van der Waals surface area contributed by atoms with Crippen molar-refractivity contribution in [2.75, 3.05) is 6.54 Å². The summed E-state index contributed by atoms with van der Waals surface area (Å²) in [5.41, 5.74) is 0.429. The van der Waals surface area contributed by atoms with Crippen molar-refractivity contribution in [3.8, 4) is 0 Å². The Bertz CT molecular complexity index is 747. The summed E-state index contributed by atoms with van der Waals surface area (Å²) >= 11 is 1.14. The molecule has 1 aliphatic heterocycles. The Kier molecular flexibility index (Phi) is 4.94. The highest BCUT2D eigenvalue weighted by atomic mass is 32.2. The van der Waals surface area contributed by atoms with Crippen LogP contribution in [0.1, 0.15) is 36.0 Å². The van der Waals surface area contributed by atoms with Crippen LogP contribution in [-0.4, -0.2) is 38.6 Å². The van der Waals surface area contributed by atoms with E-state index in [0.29, 0.717) is 31.0 Å². The van der Waals surface area contributed by atoms with Crippen LogP contribution in [0.4, 0.5) is 4.39 Å². The van der Waals surface area contributed by atoms with Crippen LogP contribution in [0.5, 0.6) is 0 Å². The minimum absolute atomic E-state index is 0.0854. The highest BCUT2D eigenvalue weighted by Gasteiger charge is 2.24. The standard InChI is InChI=1S/C16H16FN3O3S/c1-10(15(22)11-4-6-12(17)7-5-11)24-16-19-18-13(23-16)9-20-8-2-3-14(20)21/h4-7,10H,2-3,8-9H2,1H3. The molecular formula is C16H16FN3O3S. The summed E-state index contributed by atoms with van der Waals surface area (Å²) < 4.78 is 18.4. The summed E-state index contributed by atoms with van der Waals surface area (Å²) in [5.74, 6) is -0.0873. The first-order chi connectivity index (χ1) is 11.5. The minimum Gasteiger partial charge on any atom is -0.414 e. The van der Waals surface area contributed by atoms with Crippen LogP contribution in [0.15, 0.2) is 33.9 Å². The molecule has 2 aromatic rings. The van der Waals surface area contributed by atoms with Crippen molar-refractivity contribution in [1.82, 2.24) is 15.1 Å². The smallest absolute Gasteiger partial charge is 0.277 e. The van der Waals surface area contributed by atoms with Crippen molar-refractivity contribution < 1.29 is 18.4 Å². The number of nitrogens with zero attached hydrogens (tertiary/aromatic N) is 3. The molecule has 1 fully saturated rings. The van der Waals surface area contributed by atoms with Crippen LogP contribution in [0.3, 0.4) is 0 Å². The highest BCUT2D eigenvalue weighted by molar-refractivity contribution is 8.00. The van der Waals surface area contributed by atoms with Gasteiger partial charge < -0.3 is 9.32 Å². The normalized spacial score (nSPS) is 15.8. The number of carbonyl (C=O) groups is 2. The Morgan fingerprint density at radius 3 is 2.79 bits per heavy atom. The average Bonchev–Trinajstić information content (AvgIpc) is 3.17. The maximum Gasteiger partial charge on any atom is 0.277 e. The second kappa shape index (κ2) is 7.12. The number of halogens is 1. The summed E-state index contributed by atoms with van der Waals surface area (Å²) in [4.78, 5) is 25.6. The number of hydrogen-bond donors (Lipinski definition) is 0. The van der Waals surface area contributed by atoms with Crippen LogP contribution in [-0.2, 0) is 11.3 Å². The average molecular weight is 349 g/mol. The molecule has 0 N–H and O–H groups in total. The van der Waals surface area contributed by atoms with Gasteiger partial charge in [-0.05, 0) is 37.6 Å². The Labute approximate surface area is 142 Å². The predicted octanol–water partition coefficient (Wildman–Crippen LogP) is 2.69. The molecule has 2 heterocycles. The second-order valence-corrected chi connectivity index (χ2v) is 6.80. The van der Waals surface area contributed by atoms with Crippen molar-refractivity contribution in [2.45, 2.75) is 36.8 Å². The SMILES string of the molecule is CC(Sc1nnc(CN2CCCC2=O)o1)C(=O)c1ccc(F)cc1. The predicted molar refractivity (Wildman–Crippen MR) is 85.0 cm³/mol. The van der Waals surface area contributed by atoms with Gasteiger partial charge in [-0.15, -0.1) is 10.2 Å². The first-order valence-corrected chi connectivity index (χ1v) is 8.47. The summed E-state index contributed by atoms with van der Waals surface area (Å²) in [6, 6.07) is 5.41. The molecule has 1 unspecified atom stereocenters. The molecule has 1 aromatic heterocycles. The van der Waals surface area contributed by atoms with E-state index in [0.717, 1.165) is 18.2 Å². The fourth-order valence-corrected chi connectivity index (χ4v) is 3.22. The molecule has 6 nitrogen and oxygen atoms in total. The Morgan fingerprint density at radius 1 is 1.38 bits per heavy atom. The van der Waals surface area contributed by atoms with Gasteiger partial charge in [0.05, 0.1) is 11.8 Å². The van der Waals surface area contributed by atoms with Gasteiger partial charge in [0.15, 0.2) is 5.78 Å². The third kappa shape index (κ3) is 3.81. The molecule has 0 bridgehead atoms. The van der Waals surface area contributed by atoms with E-state index in [2.05, 4.69) is 10.2 Å². The molecule has 1 atom stereocenters. The molecule has 8 heteroatoms. The van der Waals surface area contributed by atoms with Gasteiger partial charge in [0.25, 0.3) is 5.22 Å². The summed E-state index contributed by atoms with van der Waals surface area (Å²) in [7, 11) is 0. The molecule has 0 saturated carbocycles. The molecule has 0 spiro atoms. The summed E-state index contributed by atoms with van der Waals surface area (Å²) in [6.45, 7) is 2.72. The van der Waals surface area contributed by atoms with Crippen LogP contribution in [0.25, 0.3) is 0 Å². The van der Waals surface area contributed by atoms with Gasteiger partial charge in [-0.3, -0.25) is 9.59 Å². The minimum atomic E-state index is -0.447. The molecule has 1 amide bonds. The maximum atomic E-state index is 12.9. The molecule has 0 radical (unpaired) electrons. The number of ketones is 1. The number of rotatable bonds is 6. The summed E-state index contributed by atoms with van der Waals surface area (Å²) in [5, 5.41) is 7.66. The number of amides is 1. The van der Waals surface area contributed by atoms with E-state index in [1.165, 1.54) is 24.3 Å². The number of carbonyl (C=O) groups excluding carboxylic acids is 2. The lowest BCUT2D eigenvalue weighted by atomic mass is 10.1. The van der Waals surface area contributed by atoms with Crippen LogP contribution >= 0.6 is 11.8 Å². The van der Waals surface area contributed by atoms with Crippen molar-refractivity contribution in [2.24, 2.45) is 0 Å². The number of likely N-dealkylation sites (tertiary alicyclic amines) is 1. The lowest BCUT2D eigenvalue weighted by Gasteiger charge is -2.11. The zero-order chi connectivity index (χ0) is 17.1. The van der Waals surface area contributed by atoms with Crippen molar-refractivity contribution in [3.05, 3.63) is 41.5 Å². The lowest BCUT2D eigenvalue weighted by molar-refractivity contribution is -0.128. The Morgan fingerprint density at radius 2 is 2.12 bits per heavy atom. The van der Waals surface area contributed by atoms with Gasteiger partial charge in [-0.1, -0.05) is 11.8 Å². The zero-order valence-electron chi connectivity index (χ0n) is 13.1. The van der Waals surface area contributed by atoms with E-state index >= 15 is 0 Å². The summed E-state index contributed by atoms with van der Waals surface area (Å²) in [6.07, 6.45) is 1.40. The molecule has 0 aliphatic carbocycles. The van der Waals surface area contributed by atoms with E-state index in [1.807, 2.05) is 0 Å². The van der Waals surface area contributed by atoms with E-state index in [-0.39, 0.29) is 22.7 Å². The number of aromatic nitrogens is 2. The van der Waals surface area contributed by atoms with E-state index in [4.69, 9.17) is 4.42 Å². The van der Waals surface area contributed by atoms with Gasteiger partial charge in [-0.25, -0.2) is 4.39 Å². The maximum absolute atomic E-state index is 12.9. The number of Topliss-reactive ketones (excluding diaryl/α,β-unsaturated/α-hetero) is 1. The number of thioether (sulfide) groups is 1. The van der Waals surface area contributed by atoms with Gasteiger partial charge in [0.2, 0.25) is 11.8 Å². The first-order valence-electron chi connectivity index (χ1n) is 7.59. The van der Waals surface area contributed by atoms with E-state index in [1.54, 1.807) is 11.8 Å². The zero-order valence-corrected chi connectivity index (χ0v) is 13.9. The van der Waals surface area contributed by atoms with E-state index < -0.39 is 5.25 Å². The van der Waals surface area contributed by atoms with Crippen LogP contribution in [0.2, 0.25) is 0 Å². The second-order valence-electron chi connectivity index (χ2n) is 5.51. The molecule has 1 aliphatic rings. The number of hydrogen-bond acceptors (Lipinski definition) is 6. The first kappa shape index (κ1) is 16.6. The Balaban J connectivity index is 1.60. The van der Waals surface area contributed by atoms with E-state index in [9.17, 15) is 14.0 Å².